The molecular weight excluding hydrogens is 400 g/mol. The maximum Gasteiger partial charge on any atom is 0.244 e. The van der Waals surface area contributed by atoms with Gasteiger partial charge in [-0.1, -0.05) is 17.8 Å². The summed E-state index contributed by atoms with van der Waals surface area (Å²) in [5.74, 6) is 0.443. The number of carbonyl (C=O) groups excluding carboxylic acids is 1. The lowest BCUT2D eigenvalue weighted by Gasteiger charge is -2.15. The smallest absolute Gasteiger partial charge is 0.244 e. The van der Waals surface area contributed by atoms with E-state index in [-0.39, 0.29) is 23.6 Å². The zero-order valence-electron chi connectivity index (χ0n) is 17.4. The number of hydrogen-bond acceptors (Lipinski definition) is 6. The molecule has 0 aliphatic rings. The fourth-order valence-corrected chi connectivity index (χ4v) is 3.92. The Hall–Kier alpha value is -3.13. The first-order valence-corrected chi connectivity index (χ1v) is 10.4. The number of carbonyl (C=O) groups is 1. The largest absolute Gasteiger partial charge is 0.491 e. The quantitative estimate of drug-likeness (QED) is 0.461. The van der Waals surface area contributed by atoms with Crippen molar-refractivity contribution in [1.82, 2.24) is 14.5 Å². The molecule has 1 N–H and O–H groups in total. The Morgan fingerprint density at radius 2 is 1.90 bits per heavy atom. The van der Waals surface area contributed by atoms with Crippen molar-refractivity contribution < 1.29 is 9.53 Å². The van der Waals surface area contributed by atoms with E-state index in [2.05, 4.69) is 15.3 Å². The highest BCUT2D eigenvalue weighted by molar-refractivity contribution is 7.98. The molecule has 30 heavy (non-hydrogen) atoms. The molecule has 2 aromatic heterocycles. The van der Waals surface area contributed by atoms with Crippen LogP contribution in [0.2, 0.25) is 0 Å². The summed E-state index contributed by atoms with van der Waals surface area (Å²) in [6.07, 6.45) is 3.26. The van der Waals surface area contributed by atoms with Crippen LogP contribution >= 0.6 is 11.8 Å². The molecule has 7 nitrogen and oxygen atoms in total. The van der Waals surface area contributed by atoms with Gasteiger partial charge in [0, 0.05) is 35.1 Å². The number of amides is 1. The predicted octanol–water partition coefficient (Wildman–Crippen LogP) is 3.50. The van der Waals surface area contributed by atoms with E-state index in [0.29, 0.717) is 16.6 Å². The van der Waals surface area contributed by atoms with Crippen molar-refractivity contribution in [2.75, 3.05) is 12.4 Å². The summed E-state index contributed by atoms with van der Waals surface area (Å²) < 4.78 is 6.88. The third kappa shape index (κ3) is 5.70. The van der Waals surface area contributed by atoms with E-state index in [1.54, 1.807) is 17.0 Å². The lowest BCUT2D eigenvalue weighted by atomic mass is 10.1. The van der Waals surface area contributed by atoms with Crippen LogP contribution < -0.4 is 15.5 Å². The van der Waals surface area contributed by atoms with Gasteiger partial charge in [0.2, 0.25) is 11.3 Å². The standard InChI is InChI=1S/C22H24N4O3S/c1-14-7-15(2)9-17(8-14)25-21(28)12-26-11-20(29-4)19(27)10-18(26)13-30-22-23-6-5-16(3)24-22/h5-11H,12-13H2,1-4H3,(H,25,28). The number of thioether (sulfide) groups is 1. The van der Waals surface area contributed by atoms with Crippen molar-refractivity contribution in [2.24, 2.45) is 0 Å². The third-order valence-corrected chi connectivity index (χ3v) is 5.24. The number of rotatable bonds is 7. The number of methoxy groups -OCH3 is 1. The number of pyridine rings is 1. The van der Waals surface area contributed by atoms with Crippen LogP contribution in [0.4, 0.5) is 5.69 Å². The molecule has 0 saturated carbocycles. The molecule has 3 rings (SSSR count). The Kier molecular flexibility index (Phi) is 6.89. The maximum atomic E-state index is 12.7. The van der Waals surface area contributed by atoms with Crippen LogP contribution in [0.15, 0.2) is 52.7 Å². The van der Waals surface area contributed by atoms with Crippen molar-refractivity contribution in [3.05, 3.63) is 75.5 Å². The van der Waals surface area contributed by atoms with Crippen molar-refractivity contribution in [2.45, 2.75) is 38.2 Å². The zero-order chi connectivity index (χ0) is 21.7. The summed E-state index contributed by atoms with van der Waals surface area (Å²) in [5.41, 5.74) is 4.22. The monoisotopic (exact) mass is 424 g/mol. The molecule has 0 spiro atoms. The summed E-state index contributed by atoms with van der Waals surface area (Å²) in [6, 6.07) is 9.20. The minimum atomic E-state index is -0.232. The first-order valence-electron chi connectivity index (χ1n) is 9.42. The Balaban J connectivity index is 1.80. The van der Waals surface area contributed by atoms with Gasteiger partial charge in [0.1, 0.15) is 6.54 Å². The second-order valence-corrected chi connectivity index (χ2v) is 7.96. The van der Waals surface area contributed by atoms with Gasteiger partial charge in [-0.2, -0.15) is 0 Å². The number of anilines is 1. The van der Waals surface area contributed by atoms with Gasteiger partial charge in [0.05, 0.1) is 13.3 Å². The Morgan fingerprint density at radius 3 is 2.57 bits per heavy atom. The van der Waals surface area contributed by atoms with E-state index in [0.717, 1.165) is 22.5 Å². The number of hydrogen-bond donors (Lipinski definition) is 1. The van der Waals surface area contributed by atoms with Gasteiger partial charge in [-0.25, -0.2) is 9.97 Å². The molecule has 0 bridgehead atoms. The SMILES string of the molecule is COc1cn(CC(=O)Nc2cc(C)cc(C)c2)c(CSc2nccc(C)n2)cc1=O. The number of aryl methyl sites for hydroxylation is 3. The highest BCUT2D eigenvalue weighted by Crippen LogP contribution is 2.20. The molecule has 0 unspecified atom stereocenters. The number of benzene rings is 1. The molecule has 0 fully saturated rings. The molecular formula is C22H24N4O3S. The summed E-state index contributed by atoms with van der Waals surface area (Å²) in [4.78, 5) is 33.5. The highest BCUT2D eigenvalue weighted by Gasteiger charge is 2.12. The van der Waals surface area contributed by atoms with Crippen molar-refractivity contribution in [3.63, 3.8) is 0 Å². The molecule has 3 aromatic rings. The number of nitrogens with one attached hydrogen (secondary N) is 1. The van der Waals surface area contributed by atoms with Gasteiger partial charge in [-0.15, -0.1) is 0 Å². The van der Waals surface area contributed by atoms with E-state index in [1.165, 1.54) is 24.9 Å². The molecule has 0 aliphatic heterocycles. The van der Waals surface area contributed by atoms with Crippen LogP contribution in [-0.4, -0.2) is 27.6 Å². The van der Waals surface area contributed by atoms with Gasteiger partial charge in [0.15, 0.2) is 10.9 Å². The normalized spacial score (nSPS) is 10.7. The summed E-state index contributed by atoms with van der Waals surface area (Å²) in [7, 11) is 1.44. The lowest BCUT2D eigenvalue weighted by molar-refractivity contribution is -0.116. The van der Waals surface area contributed by atoms with Crippen LogP contribution in [0.5, 0.6) is 5.75 Å². The topological polar surface area (TPSA) is 86.1 Å². The van der Waals surface area contributed by atoms with Crippen LogP contribution in [-0.2, 0) is 17.1 Å². The average molecular weight is 425 g/mol. The summed E-state index contributed by atoms with van der Waals surface area (Å²) in [5, 5.41) is 3.54. The Morgan fingerprint density at radius 1 is 1.17 bits per heavy atom. The molecule has 0 radical (unpaired) electrons. The van der Waals surface area contributed by atoms with Gasteiger partial charge >= 0.3 is 0 Å². The van der Waals surface area contributed by atoms with E-state index in [1.807, 2.05) is 45.0 Å². The molecule has 0 atom stereocenters. The molecule has 0 aliphatic carbocycles. The highest BCUT2D eigenvalue weighted by atomic mass is 32.2. The molecule has 8 heteroatoms. The van der Waals surface area contributed by atoms with E-state index < -0.39 is 0 Å². The first-order chi connectivity index (χ1) is 14.3. The summed E-state index contributed by atoms with van der Waals surface area (Å²) in [6.45, 7) is 5.91. The Bertz CT molecular complexity index is 1110. The van der Waals surface area contributed by atoms with Crippen molar-refractivity contribution in [3.8, 4) is 5.75 Å². The number of nitrogens with zero attached hydrogens (tertiary/aromatic N) is 3. The minimum absolute atomic E-state index is 0.0498. The maximum absolute atomic E-state index is 12.7. The van der Waals surface area contributed by atoms with Crippen molar-refractivity contribution in [1.29, 1.82) is 0 Å². The van der Waals surface area contributed by atoms with Crippen molar-refractivity contribution >= 4 is 23.4 Å². The van der Waals surface area contributed by atoms with Gasteiger partial charge in [-0.05, 0) is 50.1 Å². The second-order valence-electron chi connectivity index (χ2n) is 7.02. The van der Waals surface area contributed by atoms with E-state index in [9.17, 15) is 9.59 Å². The van der Waals surface area contributed by atoms with E-state index >= 15 is 0 Å². The molecule has 2 heterocycles. The number of ether oxygens (including phenoxy) is 1. The fourth-order valence-electron chi connectivity index (χ4n) is 3.05. The molecule has 1 aromatic carbocycles. The van der Waals surface area contributed by atoms with Gasteiger partial charge in [-0.3, -0.25) is 9.59 Å². The van der Waals surface area contributed by atoms with Crippen LogP contribution in [0, 0.1) is 20.8 Å². The molecule has 0 saturated heterocycles. The average Bonchev–Trinajstić information content (AvgIpc) is 2.67. The molecule has 156 valence electrons. The summed E-state index contributed by atoms with van der Waals surface area (Å²) >= 11 is 1.40. The fraction of sp³-hybridized carbons (Fsp3) is 0.273. The third-order valence-electron chi connectivity index (χ3n) is 4.34. The minimum Gasteiger partial charge on any atom is -0.491 e. The second kappa shape index (κ2) is 9.58. The Labute approximate surface area is 179 Å². The first kappa shape index (κ1) is 21.6. The van der Waals surface area contributed by atoms with Crippen LogP contribution in [0.25, 0.3) is 0 Å². The number of aromatic nitrogens is 3. The van der Waals surface area contributed by atoms with Gasteiger partial charge < -0.3 is 14.6 Å². The molecule has 1 amide bonds. The van der Waals surface area contributed by atoms with Crippen LogP contribution in [0.3, 0.4) is 0 Å². The lowest BCUT2D eigenvalue weighted by Crippen LogP contribution is -2.23. The van der Waals surface area contributed by atoms with Gasteiger partial charge in [0.25, 0.3) is 0 Å². The van der Waals surface area contributed by atoms with E-state index in [4.69, 9.17) is 4.74 Å². The van der Waals surface area contributed by atoms with Crippen LogP contribution in [0.1, 0.15) is 22.5 Å². The predicted molar refractivity (Wildman–Crippen MR) is 118 cm³/mol. The zero-order valence-corrected chi connectivity index (χ0v) is 18.2.